The van der Waals surface area contributed by atoms with Gasteiger partial charge in [0.1, 0.15) is 5.82 Å². The smallest absolute Gasteiger partial charge is 0.129 e. The SMILES string of the molecule is c1ccc(CN2CCN(c3ccc4ccccc4n3)CC2)cc1. The second-order valence-electron chi connectivity index (χ2n) is 6.11. The molecule has 3 heteroatoms. The van der Waals surface area contributed by atoms with Crippen molar-refractivity contribution in [2.45, 2.75) is 6.54 Å². The summed E-state index contributed by atoms with van der Waals surface area (Å²) < 4.78 is 0. The van der Waals surface area contributed by atoms with Crippen molar-refractivity contribution in [1.29, 1.82) is 0 Å². The van der Waals surface area contributed by atoms with Gasteiger partial charge in [-0.1, -0.05) is 48.5 Å². The number of pyridine rings is 1. The molecule has 0 spiro atoms. The van der Waals surface area contributed by atoms with Gasteiger partial charge in [-0.3, -0.25) is 4.90 Å². The number of anilines is 1. The van der Waals surface area contributed by atoms with Crippen LogP contribution in [-0.2, 0) is 6.54 Å². The molecule has 0 N–H and O–H groups in total. The van der Waals surface area contributed by atoms with E-state index in [9.17, 15) is 0 Å². The van der Waals surface area contributed by atoms with E-state index in [1.54, 1.807) is 0 Å². The highest BCUT2D eigenvalue weighted by Gasteiger charge is 2.18. The number of nitrogens with zero attached hydrogens (tertiary/aromatic N) is 3. The van der Waals surface area contributed by atoms with Crippen LogP contribution in [0.1, 0.15) is 5.56 Å². The maximum absolute atomic E-state index is 4.82. The maximum atomic E-state index is 4.82. The first-order valence-corrected chi connectivity index (χ1v) is 8.25. The van der Waals surface area contributed by atoms with Crippen molar-refractivity contribution in [2.24, 2.45) is 0 Å². The average Bonchev–Trinajstić information content (AvgIpc) is 2.63. The van der Waals surface area contributed by atoms with Crippen LogP contribution in [0, 0.1) is 0 Å². The van der Waals surface area contributed by atoms with Crippen molar-refractivity contribution >= 4 is 16.7 Å². The summed E-state index contributed by atoms with van der Waals surface area (Å²) in [5.41, 5.74) is 2.47. The molecule has 0 radical (unpaired) electrons. The van der Waals surface area contributed by atoms with Gasteiger partial charge in [0.15, 0.2) is 0 Å². The third-order valence-electron chi connectivity index (χ3n) is 4.53. The van der Waals surface area contributed by atoms with E-state index in [0.717, 1.165) is 44.1 Å². The fourth-order valence-corrected chi connectivity index (χ4v) is 3.21. The number of aromatic nitrogens is 1. The summed E-state index contributed by atoms with van der Waals surface area (Å²) in [6.45, 7) is 5.29. The van der Waals surface area contributed by atoms with Crippen LogP contribution in [0.3, 0.4) is 0 Å². The van der Waals surface area contributed by atoms with Crippen LogP contribution in [0.4, 0.5) is 5.82 Å². The Kier molecular flexibility index (Phi) is 3.95. The minimum absolute atomic E-state index is 1.04. The Morgan fingerprint density at radius 3 is 2.30 bits per heavy atom. The zero-order valence-electron chi connectivity index (χ0n) is 13.2. The van der Waals surface area contributed by atoms with Crippen LogP contribution < -0.4 is 4.90 Å². The van der Waals surface area contributed by atoms with Gasteiger partial charge in [-0.2, -0.15) is 0 Å². The molecule has 3 nitrogen and oxygen atoms in total. The van der Waals surface area contributed by atoms with E-state index in [-0.39, 0.29) is 0 Å². The van der Waals surface area contributed by atoms with Crippen LogP contribution in [0.15, 0.2) is 66.7 Å². The maximum Gasteiger partial charge on any atom is 0.129 e. The molecule has 0 saturated carbocycles. The van der Waals surface area contributed by atoms with Gasteiger partial charge in [0.05, 0.1) is 5.52 Å². The molecule has 116 valence electrons. The fraction of sp³-hybridized carbons (Fsp3) is 0.250. The van der Waals surface area contributed by atoms with Gasteiger partial charge in [0, 0.05) is 38.1 Å². The van der Waals surface area contributed by atoms with Gasteiger partial charge in [0.2, 0.25) is 0 Å². The third-order valence-corrected chi connectivity index (χ3v) is 4.53. The van der Waals surface area contributed by atoms with E-state index >= 15 is 0 Å². The Bertz CT molecular complexity index is 777. The molecule has 1 aromatic heterocycles. The van der Waals surface area contributed by atoms with Gasteiger partial charge in [-0.15, -0.1) is 0 Å². The number of para-hydroxylation sites is 1. The molecule has 23 heavy (non-hydrogen) atoms. The Balaban J connectivity index is 1.42. The van der Waals surface area contributed by atoms with Gasteiger partial charge >= 0.3 is 0 Å². The van der Waals surface area contributed by atoms with E-state index in [1.165, 1.54) is 10.9 Å². The van der Waals surface area contributed by atoms with Crippen molar-refractivity contribution < 1.29 is 0 Å². The summed E-state index contributed by atoms with van der Waals surface area (Å²) in [5, 5.41) is 1.21. The Morgan fingerprint density at radius 1 is 0.739 bits per heavy atom. The number of benzene rings is 2. The lowest BCUT2D eigenvalue weighted by molar-refractivity contribution is 0.249. The van der Waals surface area contributed by atoms with Crippen LogP contribution in [0.2, 0.25) is 0 Å². The Morgan fingerprint density at radius 2 is 1.48 bits per heavy atom. The second kappa shape index (κ2) is 6.39. The van der Waals surface area contributed by atoms with Crippen molar-refractivity contribution in [2.75, 3.05) is 31.1 Å². The first-order chi connectivity index (χ1) is 11.4. The van der Waals surface area contributed by atoms with E-state index in [2.05, 4.69) is 76.5 Å². The molecular formula is C20H21N3. The minimum atomic E-state index is 1.04. The molecule has 0 unspecified atom stereocenters. The van der Waals surface area contributed by atoms with Crippen LogP contribution in [0.5, 0.6) is 0 Å². The molecule has 2 heterocycles. The predicted octanol–water partition coefficient (Wildman–Crippen LogP) is 3.56. The molecule has 0 bridgehead atoms. The summed E-state index contributed by atoms with van der Waals surface area (Å²) in [7, 11) is 0. The topological polar surface area (TPSA) is 19.4 Å². The predicted molar refractivity (Wildman–Crippen MR) is 95.7 cm³/mol. The Labute approximate surface area is 137 Å². The van der Waals surface area contributed by atoms with Crippen LogP contribution >= 0.6 is 0 Å². The molecule has 4 rings (SSSR count). The van der Waals surface area contributed by atoms with Gasteiger partial charge in [0.25, 0.3) is 0 Å². The fourth-order valence-electron chi connectivity index (χ4n) is 3.21. The largest absolute Gasteiger partial charge is 0.354 e. The molecule has 0 amide bonds. The summed E-state index contributed by atoms with van der Waals surface area (Å²) in [5.74, 6) is 1.10. The molecule has 2 aromatic carbocycles. The standard InChI is InChI=1S/C20H21N3/c1-2-6-17(7-3-1)16-22-12-14-23(15-13-22)20-11-10-18-8-4-5-9-19(18)21-20/h1-11H,12-16H2. The average molecular weight is 303 g/mol. The summed E-state index contributed by atoms with van der Waals surface area (Å²) in [4.78, 5) is 9.73. The van der Waals surface area contributed by atoms with Crippen molar-refractivity contribution in [1.82, 2.24) is 9.88 Å². The highest BCUT2D eigenvalue weighted by atomic mass is 15.3. The second-order valence-corrected chi connectivity index (χ2v) is 6.11. The monoisotopic (exact) mass is 303 g/mol. The first kappa shape index (κ1) is 14.2. The summed E-state index contributed by atoms with van der Waals surface area (Å²) >= 11 is 0. The van der Waals surface area contributed by atoms with Gasteiger partial charge in [-0.05, 0) is 23.8 Å². The third kappa shape index (κ3) is 3.20. The lowest BCUT2D eigenvalue weighted by atomic mass is 10.2. The number of hydrogen-bond donors (Lipinski definition) is 0. The molecule has 1 saturated heterocycles. The van der Waals surface area contributed by atoms with Crippen molar-refractivity contribution in [3.05, 3.63) is 72.3 Å². The molecule has 1 aliphatic heterocycles. The highest BCUT2D eigenvalue weighted by Crippen LogP contribution is 2.19. The van der Waals surface area contributed by atoms with Crippen molar-refractivity contribution in [3.63, 3.8) is 0 Å². The zero-order valence-corrected chi connectivity index (χ0v) is 13.2. The molecule has 1 fully saturated rings. The van der Waals surface area contributed by atoms with Crippen LogP contribution in [0.25, 0.3) is 10.9 Å². The van der Waals surface area contributed by atoms with Gasteiger partial charge in [-0.25, -0.2) is 4.98 Å². The Hall–Kier alpha value is -2.39. The zero-order chi connectivity index (χ0) is 15.5. The normalized spacial score (nSPS) is 15.9. The molecule has 3 aromatic rings. The summed E-state index contributed by atoms with van der Waals surface area (Å²) in [6.07, 6.45) is 0. The molecule has 0 aliphatic carbocycles. The molecule has 1 aliphatic rings. The van der Waals surface area contributed by atoms with Crippen molar-refractivity contribution in [3.8, 4) is 0 Å². The summed E-state index contributed by atoms with van der Waals surface area (Å²) in [6, 6.07) is 23.4. The lowest BCUT2D eigenvalue weighted by Gasteiger charge is -2.35. The van der Waals surface area contributed by atoms with Gasteiger partial charge < -0.3 is 4.90 Å². The first-order valence-electron chi connectivity index (χ1n) is 8.25. The van der Waals surface area contributed by atoms with Crippen LogP contribution in [-0.4, -0.2) is 36.1 Å². The quantitative estimate of drug-likeness (QED) is 0.737. The number of fused-ring (bicyclic) bond motifs is 1. The highest BCUT2D eigenvalue weighted by molar-refractivity contribution is 5.80. The van der Waals surface area contributed by atoms with E-state index < -0.39 is 0 Å². The van der Waals surface area contributed by atoms with E-state index in [0.29, 0.717) is 0 Å². The molecular weight excluding hydrogens is 282 g/mol. The minimum Gasteiger partial charge on any atom is -0.354 e. The number of rotatable bonds is 3. The lowest BCUT2D eigenvalue weighted by Crippen LogP contribution is -2.46. The van der Waals surface area contributed by atoms with E-state index in [4.69, 9.17) is 4.98 Å². The number of hydrogen-bond acceptors (Lipinski definition) is 3. The number of piperazine rings is 1. The molecule has 0 atom stereocenters. The van der Waals surface area contributed by atoms with E-state index in [1.807, 2.05) is 0 Å².